The molecule has 0 bridgehead atoms. The predicted molar refractivity (Wildman–Crippen MR) is 90.9 cm³/mol. The highest BCUT2D eigenvalue weighted by molar-refractivity contribution is 7.17. The van der Waals surface area contributed by atoms with Crippen LogP contribution in [0.3, 0.4) is 0 Å². The number of hydrogen-bond acceptors (Lipinski definition) is 5. The molecule has 1 aromatic carbocycles. The highest BCUT2D eigenvalue weighted by atomic mass is 32.1. The predicted octanol–water partition coefficient (Wildman–Crippen LogP) is 3.88. The summed E-state index contributed by atoms with van der Waals surface area (Å²) in [4.78, 5) is 17.5. The van der Waals surface area contributed by atoms with Crippen molar-refractivity contribution >= 4 is 27.8 Å². The van der Waals surface area contributed by atoms with Crippen molar-refractivity contribution in [3.05, 3.63) is 75.9 Å². The third kappa shape index (κ3) is 2.76. The molecule has 0 N–H and O–H groups in total. The van der Waals surface area contributed by atoms with E-state index in [2.05, 4.69) is 10.1 Å². The van der Waals surface area contributed by atoms with E-state index in [1.807, 2.05) is 0 Å². The van der Waals surface area contributed by atoms with Crippen LogP contribution < -0.4 is 5.56 Å². The van der Waals surface area contributed by atoms with Crippen LogP contribution in [0.5, 0.6) is 0 Å². The van der Waals surface area contributed by atoms with Crippen LogP contribution in [0.2, 0.25) is 0 Å². The first-order chi connectivity index (χ1) is 12.1. The normalized spacial score (nSPS) is 11.6. The van der Waals surface area contributed by atoms with Gasteiger partial charge in [0.25, 0.3) is 5.56 Å². The fraction of sp³-hybridized carbons (Fsp3) is 0. The Kier molecular flexibility index (Phi) is 3.73. The molecule has 4 aromatic rings. The highest BCUT2D eigenvalue weighted by Crippen LogP contribution is 2.30. The average Bonchev–Trinajstić information content (AvgIpc) is 3.26. The molecule has 0 saturated heterocycles. The Morgan fingerprint density at radius 1 is 1.24 bits per heavy atom. The van der Waals surface area contributed by atoms with Crippen LogP contribution in [0.15, 0.2) is 62.6 Å². The molecule has 124 valence electrons. The van der Waals surface area contributed by atoms with Crippen LogP contribution in [0.25, 0.3) is 21.5 Å². The smallest absolute Gasteiger partial charge is 0.283 e. The summed E-state index contributed by atoms with van der Waals surface area (Å²) in [5, 5.41) is 6.19. The summed E-state index contributed by atoms with van der Waals surface area (Å²) in [6.07, 6.45) is 4.06. The Hall–Kier alpha value is -3.13. The lowest BCUT2D eigenvalue weighted by Crippen LogP contribution is -2.16. The van der Waals surface area contributed by atoms with E-state index in [1.54, 1.807) is 17.5 Å². The molecule has 0 unspecified atom stereocenters. The molecule has 0 aliphatic heterocycles. The molecular weight excluding hydrogens is 348 g/mol. The Morgan fingerprint density at radius 2 is 2.12 bits per heavy atom. The first-order valence-corrected chi connectivity index (χ1v) is 8.03. The molecule has 8 heteroatoms. The maximum atomic E-state index is 13.2. The lowest BCUT2D eigenvalue weighted by Gasteiger charge is -2.00. The summed E-state index contributed by atoms with van der Waals surface area (Å²) >= 11 is 1.33. The summed E-state index contributed by atoms with van der Waals surface area (Å²) in [6, 6.07) is 6.83. The number of fused-ring (bicyclic) bond motifs is 1. The zero-order valence-corrected chi connectivity index (χ0v) is 13.3. The molecule has 0 aliphatic carbocycles. The third-order valence-corrected chi connectivity index (χ3v) is 4.43. The van der Waals surface area contributed by atoms with Gasteiger partial charge in [0.1, 0.15) is 16.9 Å². The quantitative estimate of drug-likeness (QED) is 0.523. The van der Waals surface area contributed by atoms with Crippen molar-refractivity contribution in [1.29, 1.82) is 0 Å². The van der Waals surface area contributed by atoms with Crippen LogP contribution in [0.1, 0.15) is 5.56 Å². The first kappa shape index (κ1) is 15.4. The second kappa shape index (κ2) is 6.06. The minimum atomic E-state index is -0.984. The molecular formula is C17H9F2N3O2S. The maximum absolute atomic E-state index is 13.2. The number of hydrogen-bond donors (Lipinski definition) is 0. The average molecular weight is 357 g/mol. The van der Waals surface area contributed by atoms with Crippen molar-refractivity contribution < 1.29 is 13.2 Å². The number of furan rings is 1. The van der Waals surface area contributed by atoms with Gasteiger partial charge in [0.05, 0.1) is 17.9 Å². The van der Waals surface area contributed by atoms with Gasteiger partial charge in [-0.3, -0.25) is 4.79 Å². The number of halogens is 2. The van der Waals surface area contributed by atoms with E-state index in [9.17, 15) is 13.6 Å². The molecule has 3 heterocycles. The van der Waals surface area contributed by atoms with E-state index >= 15 is 0 Å². The van der Waals surface area contributed by atoms with Crippen LogP contribution in [-0.4, -0.2) is 15.9 Å². The molecule has 0 saturated carbocycles. The van der Waals surface area contributed by atoms with Crippen LogP contribution in [0.4, 0.5) is 8.78 Å². The summed E-state index contributed by atoms with van der Waals surface area (Å²) in [7, 11) is 0. The molecule has 0 atom stereocenters. The molecule has 5 nitrogen and oxygen atoms in total. The lowest BCUT2D eigenvalue weighted by molar-refractivity contribution is 0.508. The number of thiophene rings is 1. The van der Waals surface area contributed by atoms with Gasteiger partial charge in [-0.2, -0.15) is 9.78 Å². The van der Waals surface area contributed by atoms with E-state index in [4.69, 9.17) is 4.42 Å². The second-order valence-electron chi connectivity index (χ2n) is 5.12. The number of aromatic nitrogens is 2. The molecule has 4 rings (SSSR count). The van der Waals surface area contributed by atoms with Gasteiger partial charge in [-0.1, -0.05) is 6.07 Å². The van der Waals surface area contributed by atoms with Crippen molar-refractivity contribution in [3.8, 4) is 11.3 Å². The van der Waals surface area contributed by atoms with Gasteiger partial charge in [0, 0.05) is 10.9 Å². The van der Waals surface area contributed by atoms with Crippen molar-refractivity contribution in [2.75, 3.05) is 0 Å². The van der Waals surface area contributed by atoms with E-state index in [0.717, 1.165) is 16.8 Å². The largest absolute Gasteiger partial charge is 0.464 e. The Balaban J connectivity index is 1.79. The standard InChI is InChI=1S/C17H9F2N3O2S/c18-12-4-3-10(6-13(12)19)7-21-22-9-20-16-15(17(22)23)11(8-25-16)14-2-1-5-24-14/h1-9H/b21-7-. The summed E-state index contributed by atoms with van der Waals surface area (Å²) in [5.74, 6) is -1.37. The molecule has 0 amide bonds. The number of benzene rings is 1. The maximum Gasteiger partial charge on any atom is 0.283 e. The van der Waals surface area contributed by atoms with Crippen molar-refractivity contribution in [2.45, 2.75) is 0 Å². The summed E-state index contributed by atoms with van der Waals surface area (Å²) < 4.78 is 32.6. The van der Waals surface area contributed by atoms with Crippen molar-refractivity contribution in [1.82, 2.24) is 9.66 Å². The Labute approximate surface area is 143 Å². The monoisotopic (exact) mass is 357 g/mol. The summed E-state index contributed by atoms with van der Waals surface area (Å²) in [6.45, 7) is 0. The van der Waals surface area contributed by atoms with Crippen molar-refractivity contribution in [2.24, 2.45) is 5.10 Å². The number of nitrogens with zero attached hydrogens (tertiary/aromatic N) is 3. The van der Waals surface area contributed by atoms with Crippen LogP contribution in [0, 0.1) is 11.6 Å². The van der Waals surface area contributed by atoms with Gasteiger partial charge in [0.15, 0.2) is 11.6 Å². The SMILES string of the molecule is O=c1c2c(-c3ccco3)csc2ncn1/N=C\c1ccc(F)c(F)c1. The molecule has 0 spiro atoms. The van der Waals surface area contributed by atoms with Crippen LogP contribution >= 0.6 is 11.3 Å². The molecule has 0 radical (unpaired) electrons. The molecule has 25 heavy (non-hydrogen) atoms. The molecule has 0 aliphatic rings. The number of rotatable bonds is 3. The second-order valence-corrected chi connectivity index (χ2v) is 5.98. The zero-order valence-electron chi connectivity index (χ0n) is 12.5. The van der Waals surface area contributed by atoms with Crippen LogP contribution in [-0.2, 0) is 0 Å². The minimum Gasteiger partial charge on any atom is -0.464 e. The van der Waals surface area contributed by atoms with Gasteiger partial charge >= 0.3 is 0 Å². The van der Waals surface area contributed by atoms with Gasteiger partial charge < -0.3 is 4.42 Å². The Morgan fingerprint density at radius 3 is 2.88 bits per heavy atom. The summed E-state index contributed by atoms with van der Waals surface area (Å²) in [5.41, 5.74) is 0.582. The Bertz CT molecular complexity index is 1150. The highest BCUT2D eigenvalue weighted by Gasteiger charge is 2.14. The van der Waals surface area contributed by atoms with E-state index < -0.39 is 11.6 Å². The first-order valence-electron chi connectivity index (χ1n) is 7.15. The van der Waals surface area contributed by atoms with E-state index in [-0.39, 0.29) is 5.56 Å². The minimum absolute atomic E-state index is 0.322. The van der Waals surface area contributed by atoms with Gasteiger partial charge in [0.2, 0.25) is 0 Å². The van der Waals surface area contributed by atoms with Gasteiger partial charge in [-0.05, 0) is 29.8 Å². The molecule has 0 fully saturated rings. The third-order valence-electron chi connectivity index (χ3n) is 3.54. The van der Waals surface area contributed by atoms with Crippen molar-refractivity contribution in [3.63, 3.8) is 0 Å². The van der Waals surface area contributed by atoms with E-state index in [1.165, 1.54) is 36.2 Å². The molecule has 3 aromatic heterocycles. The topological polar surface area (TPSA) is 60.4 Å². The van der Waals surface area contributed by atoms with E-state index in [0.29, 0.717) is 27.1 Å². The van der Waals surface area contributed by atoms with Gasteiger partial charge in [-0.15, -0.1) is 11.3 Å². The fourth-order valence-corrected chi connectivity index (χ4v) is 3.23. The zero-order chi connectivity index (χ0) is 17.4. The fourth-order valence-electron chi connectivity index (χ4n) is 2.34. The van der Waals surface area contributed by atoms with Gasteiger partial charge in [-0.25, -0.2) is 13.8 Å². The lowest BCUT2D eigenvalue weighted by atomic mass is 10.2.